The van der Waals surface area contributed by atoms with Crippen molar-refractivity contribution in [2.45, 2.75) is 0 Å². The van der Waals surface area contributed by atoms with Crippen LogP contribution in [0.3, 0.4) is 0 Å². The molecule has 0 aliphatic heterocycles. The predicted molar refractivity (Wildman–Crippen MR) is 94.6 cm³/mol. The number of aromatic amines is 2. The smallest absolute Gasteiger partial charge is 0.333 e. The highest BCUT2D eigenvalue weighted by Crippen LogP contribution is 2.21. The Bertz CT molecular complexity index is 1270. The SMILES string of the molecule is O=c1[nH]c2ncc(-c3ccncc3)nc2n1-c1ccc2[nH]ccc2c1. The van der Waals surface area contributed by atoms with Crippen LogP contribution >= 0.6 is 0 Å². The third-order valence-electron chi connectivity index (χ3n) is 4.17. The minimum absolute atomic E-state index is 0.267. The summed E-state index contributed by atoms with van der Waals surface area (Å²) in [6.07, 6.45) is 6.91. The maximum Gasteiger partial charge on any atom is 0.333 e. The van der Waals surface area contributed by atoms with Crippen molar-refractivity contribution in [3.63, 3.8) is 0 Å². The summed E-state index contributed by atoms with van der Waals surface area (Å²) in [5.74, 6) is 0. The van der Waals surface area contributed by atoms with E-state index < -0.39 is 0 Å². The van der Waals surface area contributed by atoms with Gasteiger partial charge < -0.3 is 4.98 Å². The van der Waals surface area contributed by atoms with E-state index >= 15 is 0 Å². The number of imidazole rings is 1. The minimum atomic E-state index is -0.267. The summed E-state index contributed by atoms with van der Waals surface area (Å²) >= 11 is 0. The number of pyridine rings is 1. The molecule has 4 aromatic heterocycles. The topological polar surface area (TPSA) is 92.2 Å². The zero-order chi connectivity index (χ0) is 16.8. The van der Waals surface area contributed by atoms with Gasteiger partial charge in [-0.2, -0.15) is 0 Å². The van der Waals surface area contributed by atoms with E-state index in [1.54, 1.807) is 23.2 Å². The molecule has 0 bridgehead atoms. The van der Waals surface area contributed by atoms with Crippen molar-refractivity contribution in [3.8, 4) is 16.9 Å². The van der Waals surface area contributed by atoms with Crippen LogP contribution in [-0.4, -0.2) is 29.5 Å². The molecule has 0 saturated heterocycles. The number of nitrogens with zero attached hydrogens (tertiary/aromatic N) is 4. The summed E-state index contributed by atoms with van der Waals surface area (Å²) in [5.41, 5.74) is 4.02. The second-order valence-electron chi connectivity index (χ2n) is 5.68. The predicted octanol–water partition coefficient (Wildman–Crippen LogP) is 2.65. The number of hydrogen-bond acceptors (Lipinski definition) is 4. The lowest BCUT2D eigenvalue weighted by molar-refractivity contribution is 1.00. The van der Waals surface area contributed by atoms with Crippen molar-refractivity contribution in [2.24, 2.45) is 0 Å². The fraction of sp³-hybridized carbons (Fsp3) is 0. The van der Waals surface area contributed by atoms with E-state index in [0.717, 1.165) is 22.2 Å². The van der Waals surface area contributed by atoms with Crippen molar-refractivity contribution < 1.29 is 0 Å². The first-order chi connectivity index (χ1) is 12.3. The van der Waals surface area contributed by atoms with Crippen LogP contribution in [0.15, 0.2) is 66.0 Å². The van der Waals surface area contributed by atoms with E-state index in [-0.39, 0.29) is 5.69 Å². The van der Waals surface area contributed by atoms with Crippen molar-refractivity contribution >= 4 is 22.2 Å². The van der Waals surface area contributed by atoms with Gasteiger partial charge in [-0.05, 0) is 36.4 Å². The molecule has 5 rings (SSSR count). The van der Waals surface area contributed by atoms with Crippen LogP contribution < -0.4 is 5.69 Å². The highest BCUT2D eigenvalue weighted by molar-refractivity contribution is 5.82. The van der Waals surface area contributed by atoms with Crippen LogP contribution in [0.2, 0.25) is 0 Å². The average Bonchev–Trinajstić information content (AvgIpc) is 3.24. The van der Waals surface area contributed by atoms with Gasteiger partial charge in [-0.25, -0.2) is 19.3 Å². The molecule has 0 amide bonds. The molecule has 1 aromatic carbocycles. The minimum Gasteiger partial charge on any atom is -0.361 e. The van der Waals surface area contributed by atoms with Gasteiger partial charge in [0.25, 0.3) is 0 Å². The van der Waals surface area contributed by atoms with E-state index in [2.05, 4.69) is 24.9 Å². The second kappa shape index (κ2) is 5.13. The van der Waals surface area contributed by atoms with Gasteiger partial charge in [0.2, 0.25) is 0 Å². The fourth-order valence-electron chi connectivity index (χ4n) is 2.96. The summed E-state index contributed by atoms with van der Waals surface area (Å²) in [6.45, 7) is 0. The fourth-order valence-corrected chi connectivity index (χ4v) is 2.96. The highest BCUT2D eigenvalue weighted by atomic mass is 16.1. The molecule has 2 N–H and O–H groups in total. The van der Waals surface area contributed by atoms with Gasteiger partial charge in [0.05, 0.1) is 17.6 Å². The largest absolute Gasteiger partial charge is 0.361 e. The lowest BCUT2D eigenvalue weighted by Gasteiger charge is -2.04. The molecule has 0 saturated carbocycles. The van der Waals surface area contributed by atoms with Crippen molar-refractivity contribution in [2.75, 3.05) is 0 Å². The van der Waals surface area contributed by atoms with Crippen LogP contribution in [-0.2, 0) is 0 Å². The standard InChI is InChI=1S/C18H12N6O/c25-18-23-16-17(22-15(10-21-16)11-3-6-19-7-4-11)24(18)13-1-2-14-12(9-13)5-8-20-14/h1-10,20H,(H,21,23,25). The molecule has 4 heterocycles. The molecule has 0 spiro atoms. The van der Waals surface area contributed by atoms with Gasteiger partial charge in [-0.1, -0.05) is 0 Å². The van der Waals surface area contributed by atoms with Crippen molar-refractivity contribution in [1.29, 1.82) is 0 Å². The number of rotatable bonds is 2. The Hall–Kier alpha value is -3.74. The highest BCUT2D eigenvalue weighted by Gasteiger charge is 2.13. The van der Waals surface area contributed by atoms with E-state index in [4.69, 9.17) is 0 Å². The van der Waals surface area contributed by atoms with Crippen LogP contribution in [0, 0.1) is 0 Å². The van der Waals surface area contributed by atoms with Crippen LogP contribution in [0.25, 0.3) is 39.1 Å². The summed E-state index contributed by atoms with van der Waals surface area (Å²) < 4.78 is 1.54. The number of H-pyrrole nitrogens is 2. The first kappa shape index (κ1) is 13.7. The van der Waals surface area contributed by atoms with Gasteiger partial charge in [0.15, 0.2) is 11.3 Å². The third kappa shape index (κ3) is 2.13. The summed E-state index contributed by atoms with van der Waals surface area (Å²) in [7, 11) is 0. The number of fused-ring (bicyclic) bond motifs is 2. The zero-order valence-electron chi connectivity index (χ0n) is 13.0. The molecule has 120 valence electrons. The second-order valence-corrected chi connectivity index (χ2v) is 5.68. The molecular weight excluding hydrogens is 316 g/mol. The quantitative estimate of drug-likeness (QED) is 0.521. The Morgan fingerprint density at radius 1 is 1.04 bits per heavy atom. The van der Waals surface area contributed by atoms with Gasteiger partial charge >= 0.3 is 5.69 Å². The number of nitrogens with one attached hydrogen (secondary N) is 2. The summed E-state index contributed by atoms with van der Waals surface area (Å²) in [4.78, 5) is 31.4. The number of aromatic nitrogens is 6. The first-order valence-corrected chi connectivity index (χ1v) is 7.75. The van der Waals surface area contributed by atoms with Crippen LogP contribution in [0.1, 0.15) is 0 Å². The van der Waals surface area contributed by atoms with E-state index in [9.17, 15) is 4.79 Å². The van der Waals surface area contributed by atoms with E-state index in [1.807, 2.05) is 42.6 Å². The van der Waals surface area contributed by atoms with Crippen molar-refractivity contribution in [1.82, 2.24) is 29.5 Å². The monoisotopic (exact) mass is 328 g/mol. The molecule has 7 nitrogen and oxygen atoms in total. The molecule has 0 aliphatic carbocycles. The number of benzene rings is 1. The van der Waals surface area contributed by atoms with Gasteiger partial charge in [-0.3, -0.25) is 9.97 Å². The molecule has 0 fully saturated rings. The Labute approximate surface area is 141 Å². The molecule has 0 atom stereocenters. The molecule has 25 heavy (non-hydrogen) atoms. The normalized spacial score (nSPS) is 11.4. The molecule has 5 aromatic rings. The van der Waals surface area contributed by atoms with E-state index in [1.165, 1.54) is 0 Å². The van der Waals surface area contributed by atoms with Crippen LogP contribution in [0.5, 0.6) is 0 Å². The van der Waals surface area contributed by atoms with Gasteiger partial charge in [0.1, 0.15) is 0 Å². The van der Waals surface area contributed by atoms with E-state index in [0.29, 0.717) is 17.0 Å². The van der Waals surface area contributed by atoms with Gasteiger partial charge in [0, 0.05) is 35.1 Å². The lowest BCUT2D eigenvalue weighted by atomic mass is 10.2. The number of hydrogen-bond donors (Lipinski definition) is 2. The Kier molecular flexibility index (Phi) is 2.81. The molecule has 0 aliphatic rings. The summed E-state index contributed by atoms with van der Waals surface area (Å²) in [6, 6.07) is 11.5. The summed E-state index contributed by atoms with van der Waals surface area (Å²) in [5, 5.41) is 1.02. The Balaban J connectivity index is 1.76. The maximum atomic E-state index is 12.5. The zero-order valence-corrected chi connectivity index (χ0v) is 13.0. The maximum absolute atomic E-state index is 12.5. The molecule has 0 radical (unpaired) electrons. The van der Waals surface area contributed by atoms with Gasteiger partial charge in [-0.15, -0.1) is 0 Å². The Morgan fingerprint density at radius 2 is 1.92 bits per heavy atom. The third-order valence-corrected chi connectivity index (χ3v) is 4.17. The first-order valence-electron chi connectivity index (χ1n) is 7.75. The molecule has 0 unspecified atom stereocenters. The van der Waals surface area contributed by atoms with Crippen LogP contribution in [0.4, 0.5) is 0 Å². The Morgan fingerprint density at radius 3 is 2.80 bits per heavy atom. The average molecular weight is 328 g/mol. The molecule has 7 heteroatoms. The lowest BCUT2D eigenvalue weighted by Crippen LogP contribution is -2.14. The molecular formula is C18H12N6O. The van der Waals surface area contributed by atoms with Crippen molar-refractivity contribution in [3.05, 3.63) is 71.7 Å².